The number of hydrogen-bond acceptors (Lipinski definition) is 4. The minimum absolute atomic E-state index is 0.145. The van der Waals surface area contributed by atoms with Crippen LogP contribution in [0.15, 0.2) is 30.3 Å². The Hall–Kier alpha value is -1.43. The van der Waals surface area contributed by atoms with Crippen LogP contribution in [-0.4, -0.2) is 56.7 Å². The van der Waals surface area contributed by atoms with Crippen molar-refractivity contribution >= 4 is 5.91 Å². The Bertz CT molecular complexity index is 456. The van der Waals surface area contributed by atoms with Gasteiger partial charge in [0.2, 0.25) is 5.91 Å². The van der Waals surface area contributed by atoms with Crippen LogP contribution < -0.4 is 10.6 Å². The van der Waals surface area contributed by atoms with Gasteiger partial charge >= 0.3 is 0 Å². The number of carbonyl (C=O) groups excluding carboxylic acids is 1. The van der Waals surface area contributed by atoms with Crippen molar-refractivity contribution in [3.8, 4) is 0 Å². The van der Waals surface area contributed by atoms with Gasteiger partial charge in [0.25, 0.3) is 0 Å². The van der Waals surface area contributed by atoms with Gasteiger partial charge in [-0.3, -0.25) is 9.69 Å². The molecule has 0 saturated carbocycles. The first-order chi connectivity index (χ1) is 10.3. The first kappa shape index (κ1) is 14.5. The molecular formula is C16H23N3O2. The second-order valence-corrected chi connectivity index (χ2v) is 5.68. The van der Waals surface area contributed by atoms with Gasteiger partial charge in [-0.05, 0) is 5.56 Å². The van der Waals surface area contributed by atoms with E-state index >= 15 is 0 Å². The summed E-state index contributed by atoms with van der Waals surface area (Å²) in [5, 5.41) is 6.26. The van der Waals surface area contributed by atoms with Crippen molar-refractivity contribution in [1.82, 2.24) is 15.5 Å². The van der Waals surface area contributed by atoms with E-state index in [1.54, 1.807) is 0 Å². The lowest BCUT2D eigenvalue weighted by molar-refractivity contribution is -0.126. The molecule has 1 aromatic rings. The lowest BCUT2D eigenvalue weighted by Crippen LogP contribution is -2.52. The van der Waals surface area contributed by atoms with Crippen LogP contribution >= 0.6 is 0 Å². The SMILES string of the molecule is O=C(NCC(c1ccccc1)N1CCOCC1)C1CNC1. The topological polar surface area (TPSA) is 53.6 Å². The Labute approximate surface area is 125 Å². The maximum absolute atomic E-state index is 12.0. The van der Waals surface area contributed by atoms with Crippen LogP contribution in [-0.2, 0) is 9.53 Å². The molecule has 1 unspecified atom stereocenters. The Morgan fingerprint density at radius 2 is 2.00 bits per heavy atom. The van der Waals surface area contributed by atoms with Crippen LogP contribution in [0.1, 0.15) is 11.6 Å². The van der Waals surface area contributed by atoms with E-state index < -0.39 is 0 Å². The van der Waals surface area contributed by atoms with Crippen molar-refractivity contribution in [3.05, 3.63) is 35.9 Å². The van der Waals surface area contributed by atoms with Crippen molar-refractivity contribution < 1.29 is 9.53 Å². The maximum atomic E-state index is 12.0. The summed E-state index contributed by atoms with van der Waals surface area (Å²) in [6.45, 7) is 5.65. The molecule has 114 valence electrons. The first-order valence-corrected chi connectivity index (χ1v) is 7.70. The quantitative estimate of drug-likeness (QED) is 0.824. The second kappa shape index (κ2) is 7.02. The molecule has 3 rings (SSSR count). The van der Waals surface area contributed by atoms with E-state index in [4.69, 9.17) is 4.74 Å². The van der Waals surface area contributed by atoms with Gasteiger partial charge < -0.3 is 15.4 Å². The summed E-state index contributed by atoms with van der Waals surface area (Å²) in [4.78, 5) is 14.5. The number of carbonyl (C=O) groups is 1. The van der Waals surface area contributed by atoms with Gasteiger partial charge in [0.05, 0.1) is 25.2 Å². The van der Waals surface area contributed by atoms with Crippen molar-refractivity contribution in [2.24, 2.45) is 5.92 Å². The highest BCUT2D eigenvalue weighted by atomic mass is 16.5. The summed E-state index contributed by atoms with van der Waals surface area (Å²) in [5.41, 5.74) is 1.26. The molecule has 0 spiro atoms. The highest BCUT2D eigenvalue weighted by Crippen LogP contribution is 2.21. The van der Waals surface area contributed by atoms with Gasteiger partial charge in [-0.2, -0.15) is 0 Å². The molecule has 0 bridgehead atoms. The summed E-state index contributed by atoms with van der Waals surface area (Å²) in [7, 11) is 0. The number of morpholine rings is 1. The lowest BCUT2D eigenvalue weighted by atomic mass is 10.0. The molecule has 2 fully saturated rings. The predicted molar refractivity (Wildman–Crippen MR) is 80.9 cm³/mol. The second-order valence-electron chi connectivity index (χ2n) is 5.68. The molecule has 2 aliphatic rings. The third kappa shape index (κ3) is 3.61. The van der Waals surface area contributed by atoms with E-state index in [1.807, 2.05) is 6.07 Å². The molecule has 5 nitrogen and oxygen atoms in total. The van der Waals surface area contributed by atoms with E-state index in [2.05, 4.69) is 39.8 Å². The lowest BCUT2D eigenvalue weighted by Gasteiger charge is -2.35. The molecule has 0 aliphatic carbocycles. The van der Waals surface area contributed by atoms with Crippen LogP contribution in [0.5, 0.6) is 0 Å². The summed E-state index contributed by atoms with van der Waals surface area (Å²) >= 11 is 0. The number of hydrogen-bond donors (Lipinski definition) is 2. The molecule has 21 heavy (non-hydrogen) atoms. The van der Waals surface area contributed by atoms with E-state index in [-0.39, 0.29) is 17.9 Å². The fraction of sp³-hybridized carbons (Fsp3) is 0.562. The summed E-state index contributed by atoms with van der Waals surface area (Å²) in [6.07, 6.45) is 0. The molecule has 5 heteroatoms. The van der Waals surface area contributed by atoms with Crippen molar-refractivity contribution in [2.75, 3.05) is 45.9 Å². The van der Waals surface area contributed by atoms with Crippen LogP contribution in [0.25, 0.3) is 0 Å². The number of nitrogens with zero attached hydrogens (tertiary/aromatic N) is 1. The Morgan fingerprint density at radius 3 is 2.62 bits per heavy atom. The molecule has 1 amide bonds. The highest BCUT2D eigenvalue weighted by Gasteiger charge is 2.27. The largest absolute Gasteiger partial charge is 0.379 e. The zero-order valence-electron chi connectivity index (χ0n) is 12.3. The molecule has 2 saturated heterocycles. The van der Waals surface area contributed by atoms with Gasteiger partial charge in [0, 0.05) is 32.7 Å². The molecular weight excluding hydrogens is 266 g/mol. The van der Waals surface area contributed by atoms with Gasteiger partial charge in [0.15, 0.2) is 0 Å². The minimum Gasteiger partial charge on any atom is -0.379 e. The third-order valence-corrected chi connectivity index (χ3v) is 4.29. The average Bonchev–Trinajstić information content (AvgIpc) is 2.48. The first-order valence-electron chi connectivity index (χ1n) is 7.70. The molecule has 0 aromatic heterocycles. The van der Waals surface area contributed by atoms with Gasteiger partial charge in [-0.15, -0.1) is 0 Å². The fourth-order valence-electron chi connectivity index (χ4n) is 2.84. The van der Waals surface area contributed by atoms with E-state index in [9.17, 15) is 4.79 Å². The van der Waals surface area contributed by atoms with Gasteiger partial charge in [-0.25, -0.2) is 0 Å². The number of benzene rings is 1. The molecule has 2 aliphatic heterocycles. The standard InChI is InChI=1S/C16H23N3O2/c20-16(14-10-17-11-14)18-12-15(13-4-2-1-3-5-13)19-6-8-21-9-7-19/h1-5,14-15,17H,6-12H2,(H,18,20). The van der Waals surface area contributed by atoms with Crippen LogP contribution in [0, 0.1) is 5.92 Å². The smallest absolute Gasteiger partial charge is 0.225 e. The van der Waals surface area contributed by atoms with Crippen LogP contribution in [0.4, 0.5) is 0 Å². The summed E-state index contributed by atoms with van der Waals surface area (Å²) < 4.78 is 5.44. The normalized spacial score (nSPS) is 21.5. The van der Waals surface area contributed by atoms with Gasteiger partial charge in [0.1, 0.15) is 0 Å². The van der Waals surface area contributed by atoms with Crippen molar-refractivity contribution in [2.45, 2.75) is 6.04 Å². The number of ether oxygens (including phenoxy) is 1. The Balaban J connectivity index is 1.64. The molecule has 2 N–H and O–H groups in total. The summed E-state index contributed by atoms with van der Waals surface area (Å²) in [6, 6.07) is 10.6. The molecule has 2 heterocycles. The van der Waals surface area contributed by atoms with E-state index in [0.717, 1.165) is 39.4 Å². The number of amides is 1. The Morgan fingerprint density at radius 1 is 1.29 bits per heavy atom. The van der Waals surface area contributed by atoms with Crippen LogP contribution in [0.3, 0.4) is 0 Å². The zero-order valence-corrected chi connectivity index (χ0v) is 12.3. The fourth-order valence-corrected chi connectivity index (χ4v) is 2.84. The number of nitrogens with one attached hydrogen (secondary N) is 2. The molecule has 1 atom stereocenters. The van der Waals surface area contributed by atoms with Crippen LogP contribution in [0.2, 0.25) is 0 Å². The average molecular weight is 289 g/mol. The maximum Gasteiger partial charge on any atom is 0.225 e. The van der Waals surface area contributed by atoms with E-state index in [1.165, 1.54) is 5.56 Å². The van der Waals surface area contributed by atoms with E-state index in [0.29, 0.717) is 6.54 Å². The molecule has 0 radical (unpaired) electrons. The predicted octanol–water partition coefficient (Wildman–Crippen LogP) is 0.396. The van der Waals surface area contributed by atoms with Gasteiger partial charge in [-0.1, -0.05) is 30.3 Å². The zero-order chi connectivity index (χ0) is 14.5. The summed E-state index contributed by atoms with van der Waals surface area (Å²) in [5.74, 6) is 0.314. The number of rotatable bonds is 5. The monoisotopic (exact) mass is 289 g/mol. The Kier molecular flexibility index (Phi) is 4.85. The minimum atomic E-state index is 0.145. The van der Waals surface area contributed by atoms with Crippen molar-refractivity contribution in [1.29, 1.82) is 0 Å². The molecule has 1 aromatic carbocycles. The third-order valence-electron chi connectivity index (χ3n) is 4.29. The van der Waals surface area contributed by atoms with Crippen molar-refractivity contribution in [3.63, 3.8) is 0 Å². The highest BCUT2D eigenvalue weighted by molar-refractivity contribution is 5.80.